The van der Waals surface area contributed by atoms with E-state index < -0.39 is 34.2 Å². The Kier molecular flexibility index (Phi) is 5.15. The third kappa shape index (κ3) is 4.17. The van der Waals surface area contributed by atoms with Crippen molar-refractivity contribution in [3.63, 3.8) is 0 Å². The first-order valence-electron chi connectivity index (χ1n) is 7.09. The van der Waals surface area contributed by atoms with Crippen molar-refractivity contribution < 1.29 is 27.2 Å². The summed E-state index contributed by atoms with van der Waals surface area (Å²) in [6.07, 6.45) is -4.87. The maximum atomic E-state index is 13.7. The van der Waals surface area contributed by atoms with Crippen molar-refractivity contribution in [2.75, 3.05) is 12.4 Å². The fourth-order valence-corrected chi connectivity index (χ4v) is 2.30. The maximum Gasteiger partial charge on any atom is 0.423 e. The van der Waals surface area contributed by atoms with Crippen LogP contribution >= 0.6 is 0 Å². The second-order valence-corrected chi connectivity index (χ2v) is 5.25. The standard InChI is InChI=1S/C16H14F4N2O3/c1-9(10-3-6-15(25-2)13(17)7-10)21-11-4-5-14(22(23)24)12(8-11)16(18,19)20/h3-9,21H,1-2H3. The van der Waals surface area contributed by atoms with Crippen LogP contribution in [-0.4, -0.2) is 12.0 Å². The van der Waals surface area contributed by atoms with Gasteiger partial charge in [-0.25, -0.2) is 4.39 Å². The van der Waals surface area contributed by atoms with Gasteiger partial charge < -0.3 is 10.1 Å². The van der Waals surface area contributed by atoms with Gasteiger partial charge in [0.2, 0.25) is 0 Å². The van der Waals surface area contributed by atoms with Gasteiger partial charge in [0, 0.05) is 17.8 Å². The molecule has 5 nitrogen and oxygen atoms in total. The zero-order chi connectivity index (χ0) is 18.8. The number of anilines is 1. The second-order valence-electron chi connectivity index (χ2n) is 5.25. The van der Waals surface area contributed by atoms with Crippen molar-refractivity contribution in [1.29, 1.82) is 0 Å². The molecule has 0 aliphatic rings. The SMILES string of the molecule is COc1ccc(C(C)Nc2ccc([N+](=O)[O-])c(C(F)(F)F)c2)cc1F. The smallest absolute Gasteiger partial charge is 0.423 e. The summed E-state index contributed by atoms with van der Waals surface area (Å²) in [5.74, 6) is -0.557. The number of hydrogen-bond acceptors (Lipinski definition) is 4. The average Bonchev–Trinajstić information content (AvgIpc) is 2.53. The quantitative estimate of drug-likeness (QED) is 0.467. The molecule has 9 heteroatoms. The molecule has 0 bridgehead atoms. The topological polar surface area (TPSA) is 64.4 Å². The molecule has 1 N–H and O–H groups in total. The van der Waals surface area contributed by atoms with Crippen LogP contribution in [0.3, 0.4) is 0 Å². The Morgan fingerprint density at radius 2 is 1.88 bits per heavy atom. The van der Waals surface area contributed by atoms with Crippen molar-refractivity contribution in [3.8, 4) is 5.75 Å². The molecule has 1 atom stereocenters. The predicted molar refractivity (Wildman–Crippen MR) is 83.1 cm³/mol. The van der Waals surface area contributed by atoms with Crippen LogP contribution in [0.25, 0.3) is 0 Å². The van der Waals surface area contributed by atoms with Crippen LogP contribution in [0.5, 0.6) is 5.75 Å². The van der Waals surface area contributed by atoms with Crippen molar-refractivity contribution in [2.45, 2.75) is 19.1 Å². The normalized spacial score (nSPS) is 12.6. The van der Waals surface area contributed by atoms with E-state index in [2.05, 4.69) is 5.32 Å². The molecule has 0 aromatic heterocycles. The molecule has 0 spiro atoms. The Morgan fingerprint density at radius 3 is 2.40 bits per heavy atom. The molecule has 0 saturated carbocycles. The van der Waals surface area contributed by atoms with Crippen molar-refractivity contribution >= 4 is 11.4 Å². The van der Waals surface area contributed by atoms with Crippen molar-refractivity contribution in [3.05, 3.63) is 63.5 Å². The molecule has 0 aliphatic heterocycles. The van der Waals surface area contributed by atoms with Gasteiger partial charge >= 0.3 is 6.18 Å². The molecule has 25 heavy (non-hydrogen) atoms. The molecular formula is C16H14F4N2O3. The first kappa shape index (κ1) is 18.5. The van der Waals surface area contributed by atoms with Gasteiger partial charge in [-0.2, -0.15) is 13.2 Å². The van der Waals surface area contributed by atoms with E-state index in [9.17, 15) is 27.7 Å². The summed E-state index contributed by atoms with van der Waals surface area (Å²) in [5, 5.41) is 13.5. The zero-order valence-corrected chi connectivity index (χ0v) is 13.2. The van der Waals surface area contributed by atoms with E-state index in [4.69, 9.17) is 4.74 Å². The number of nitrogens with one attached hydrogen (secondary N) is 1. The van der Waals surface area contributed by atoms with E-state index in [-0.39, 0.29) is 11.4 Å². The highest BCUT2D eigenvalue weighted by molar-refractivity contribution is 5.56. The first-order valence-corrected chi connectivity index (χ1v) is 7.09. The van der Waals surface area contributed by atoms with Crippen molar-refractivity contribution in [2.24, 2.45) is 0 Å². The average molecular weight is 358 g/mol. The van der Waals surface area contributed by atoms with E-state index in [0.29, 0.717) is 11.6 Å². The van der Waals surface area contributed by atoms with Crippen LogP contribution < -0.4 is 10.1 Å². The highest BCUT2D eigenvalue weighted by Gasteiger charge is 2.38. The summed E-state index contributed by atoms with van der Waals surface area (Å²) in [6.45, 7) is 1.62. The lowest BCUT2D eigenvalue weighted by molar-refractivity contribution is -0.388. The van der Waals surface area contributed by atoms with Crippen LogP contribution in [0, 0.1) is 15.9 Å². The van der Waals surface area contributed by atoms with Crippen LogP contribution in [0.2, 0.25) is 0 Å². The number of hydrogen-bond donors (Lipinski definition) is 1. The molecule has 2 aromatic rings. The van der Waals surface area contributed by atoms with Gasteiger partial charge in [0.05, 0.1) is 12.0 Å². The van der Waals surface area contributed by atoms with Gasteiger partial charge in [0.1, 0.15) is 5.56 Å². The largest absolute Gasteiger partial charge is 0.494 e. The molecule has 0 saturated heterocycles. The van der Waals surface area contributed by atoms with Gasteiger partial charge in [0.25, 0.3) is 5.69 Å². The zero-order valence-electron chi connectivity index (χ0n) is 13.2. The van der Waals surface area contributed by atoms with Crippen LogP contribution in [0.15, 0.2) is 36.4 Å². The van der Waals surface area contributed by atoms with Gasteiger partial charge in [-0.15, -0.1) is 0 Å². The Morgan fingerprint density at radius 1 is 1.20 bits per heavy atom. The Hall–Kier alpha value is -2.84. The van der Waals surface area contributed by atoms with Crippen LogP contribution in [0.4, 0.5) is 28.9 Å². The molecule has 1 unspecified atom stereocenters. The van der Waals surface area contributed by atoms with Crippen LogP contribution in [0.1, 0.15) is 24.1 Å². The minimum Gasteiger partial charge on any atom is -0.494 e. The van der Waals surface area contributed by atoms with Gasteiger partial charge in [-0.3, -0.25) is 10.1 Å². The molecule has 0 radical (unpaired) electrons. The molecule has 0 heterocycles. The molecule has 2 aromatic carbocycles. The van der Waals surface area contributed by atoms with Gasteiger partial charge in [-0.05, 0) is 36.8 Å². The van der Waals surface area contributed by atoms with E-state index in [1.165, 1.54) is 25.3 Å². The number of methoxy groups -OCH3 is 1. The summed E-state index contributed by atoms with van der Waals surface area (Å²) in [7, 11) is 1.31. The monoisotopic (exact) mass is 358 g/mol. The Balaban J connectivity index is 2.31. The lowest BCUT2D eigenvalue weighted by Gasteiger charge is -2.17. The predicted octanol–water partition coefficient (Wildman–Crippen LogP) is 4.93. The number of nitro groups is 1. The Bertz CT molecular complexity index is 793. The number of nitro benzene ring substituents is 1. The minimum atomic E-state index is -4.87. The highest BCUT2D eigenvalue weighted by atomic mass is 19.4. The van der Waals surface area contributed by atoms with E-state index in [1.807, 2.05) is 0 Å². The second kappa shape index (κ2) is 6.96. The van der Waals surface area contributed by atoms with Gasteiger partial charge in [0.15, 0.2) is 11.6 Å². The number of ether oxygens (including phenoxy) is 1. The number of rotatable bonds is 5. The molecule has 0 amide bonds. The van der Waals surface area contributed by atoms with Crippen molar-refractivity contribution in [1.82, 2.24) is 0 Å². The lowest BCUT2D eigenvalue weighted by Crippen LogP contribution is -2.12. The highest BCUT2D eigenvalue weighted by Crippen LogP contribution is 2.38. The first-order chi connectivity index (χ1) is 11.6. The number of halogens is 4. The van der Waals surface area contributed by atoms with E-state index in [0.717, 1.165) is 6.07 Å². The fourth-order valence-electron chi connectivity index (χ4n) is 2.30. The summed E-state index contributed by atoms with van der Waals surface area (Å²) < 4.78 is 57.5. The van der Waals surface area contributed by atoms with Crippen LogP contribution in [-0.2, 0) is 6.18 Å². The maximum absolute atomic E-state index is 13.7. The lowest BCUT2D eigenvalue weighted by atomic mass is 10.1. The fraction of sp³-hybridized carbons (Fsp3) is 0.250. The summed E-state index contributed by atoms with van der Waals surface area (Å²) in [6, 6.07) is 6.25. The summed E-state index contributed by atoms with van der Waals surface area (Å²) in [4.78, 5) is 9.66. The molecule has 0 fully saturated rings. The number of nitrogens with zero attached hydrogens (tertiary/aromatic N) is 1. The summed E-state index contributed by atoms with van der Waals surface area (Å²) >= 11 is 0. The number of benzene rings is 2. The third-order valence-corrected chi connectivity index (χ3v) is 3.56. The molecule has 0 aliphatic carbocycles. The summed E-state index contributed by atoms with van der Waals surface area (Å²) in [5.41, 5.74) is -1.87. The molecular weight excluding hydrogens is 344 g/mol. The minimum absolute atomic E-state index is 0.0293. The number of alkyl halides is 3. The third-order valence-electron chi connectivity index (χ3n) is 3.56. The Labute approximate surface area is 140 Å². The van der Waals surface area contributed by atoms with E-state index in [1.54, 1.807) is 13.0 Å². The molecule has 2 rings (SSSR count). The van der Waals surface area contributed by atoms with Gasteiger partial charge in [-0.1, -0.05) is 6.07 Å². The molecule has 134 valence electrons. The van der Waals surface area contributed by atoms with E-state index >= 15 is 0 Å².